The number of ether oxygens (including phenoxy) is 1. The first kappa shape index (κ1) is 15.6. The van der Waals surface area contributed by atoms with Crippen LogP contribution in [0.2, 0.25) is 0 Å². The van der Waals surface area contributed by atoms with Gasteiger partial charge in [0.15, 0.2) is 0 Å². The van der Waals surface area contributed by atoms with Crippen molar-refractivity contribution >= 4 is 21.7 Å². The van der Waals surface area contributed by atoms with Gasteiger partial charge in [0, 0.05) is 46.3 Å². The Morgan fingerprint density at radius 1 is 1.00 bits per heavy atom. The van der Waals surface area contributed by atoms with E-state index in [0.29, 0.717) is 0 Å². The van der Waals surface area contributed by atoms with Crippen LogP contribution in [0.15, 0.2) is 48.7 Å². The molecule has 0 saturated carbocycles. The number of hydrogen-bond acceptors (Lipinski definition) is 2. The van der Waals surface area contributed by atoms with E-state index >= 15 is 0 Å². The maximum absolute atomic E-state index is 10.7. The highest BCUT2D eigenvalue weighted by atomic mass is 16.5. The maximum Gasteiger partial charge on any atom is 0.203 e. The molecule has 4 heteroatoms. The van der Waals surface area contributed by atoms with E-state index in [1.807, 2.05) is 48.9 Å². The summed E-state index contributed by atoms with van der Waals surface area (Å²) in [7, 11) is 2.06. The van der Waals surface area contributed by atoms with Crippen LogP contribution in [0.3, 0.4) is 0 Å². The molecule has 0 aliphatic heterocycles. The molecule has 2 heterocycles. The fraction of sp³-hybridized carbons (Fsp3) is 0.238. The Bertz CT molecular complexity index is 1090. The normalized spacial score (nSPS) is 11.7. The largest absolute Gasteiger partial charge is 0.494 e. The van der Waals surface area contributed by atoms with Crippen LogP contribution in [0, 0.1) is 6.92 Å². The van der Waals surface area contributed by atoms with E-state index in [2.05, 4.69) is 36.7 Å². The lowest BCUT2D eigenvalue weighted by atomic mass is 10.2. The summed E-state index contributed by atoms with van der Waals surface area (Å²) in [6, 6.07) is 14.2. The van der Waals surface area contributed by atoms with Crippen LogP contribution in [0.25, 0.3) is 27.4 Å². The van der Waals surface area contributed by atoms with Gasteiger partial charge >= 0.3 is 0 Å². The molecule has 0 radical (unpaired) electrons. The topological polar surface area (TPSA) is 39.3 Å². The van der Waals surface area contributed by atoms with Crippen LogP contribution >= 0.6 is 0 Å². The minimum atomic E-state index is 0.102. The highest BCUT2D eigenvalue weighted by molar-refractivity contribution is 5.91. The summed E-state index contributed by atoms with van der Waals surface area (Å²) in [5.74, 6) is 1.00. The second kappa shape index (κ2) is 5.59. The molecule has 2 aromatic carbocycles. The van der Waals surface area contributed by atoms with Crippen LogP contribution in [-0.2, 0) is 7.05 Å². The third-order valence-electron chi connectivity index (χ3n) is 4.68. The lowest BCUT2D eigenvalue weighted by Gasteiger charge is -2.09. The molecule has 0 aliphatic carbocycles. The van der Waals surface area contributed by atoms with Crippen LogP contribution < -0.4 is 4.74 Å². The van der Waals surface area contributed by atoms with E-state index in [0.717, 1.165) is 22.2 Å². The van der Waals surface area contributed by atoms with Gasteiger partial charge in [-0.15, -0.1) is 0 Å². The van der Waals surface area contributed by atoms with E-state index in [1.54, 1.807) is 0 Å². The van der Waals surface area contributed by atoms with Crippen molar-refractivity contribution in [3.05, 3.63) is 54.4 Å². The highest BCUT2D eigenvalue weighted by Gasteiger charge is 2.12. The number of fused-ring (bicyclic) bond motifs is 2. The average molecular weight is 334 g/mol. The molecule has 1 N–H and O–H groups in total. The van der Waals surface area contributed by atoms with Crippen LogP contribution in [-0.4, -0.2) is 20.3 Å². The van der Waals surface area contributed by atoms with E-state index in [-0.39, 0.29) is 12.0 Å². The van der Waals surface area contributed by atoms with Gasteiger partial charge in [-0.2, -0.15) is 0 Å². The molecule has 0 amide bonds. The van der Waals surface area contributed by atoms with E-state index in [4.69, 9.17) is 4.74 Å². The number of aryl methyl sites for hydroxylation is 2. The lowest BCUT2D eigenvalue weighted by Crippen LogP contribution is -2.04. The van der Waals surface area contributed by atoms with Gasteiger partial charge < -0.3 is 14.4 Å². The fourth-order valence-electron chi connectivity index (χ4n) is 3.34. The zero-order valence-corrected chi connectivity index (χ0v) is 14.9. The molecule has 2 aromatic heterocycles. The molecule has 4 nitrogen and oxygen atoms in total. The number of hydrogen-bond donors (Lipinski definition) is 1. The molecular weight excluding hydrogens is 312 g/mol. The summed E-state index contributed by atoms with van der Waals surface area (Å²) in [5.41, 5.74) is 3.34. The molecule has 4 aromatic rings. The van der Waals surface area contributed by atoms with Gasteiger partial charge in [-0.1, -0.05) is 0 Å². The number of benzene rings is 2. The fourth-order valence-corrected chi connectivity index (χ4v) is 3.34. The van der Waals surface area contributed by atoms with Gasteiger partial charge in [0.1, 0.15) is 5.75 Å². The highest BCUT2D eigenvalue weighted by Crippen LogP contribution is 2.34. The molecule has 0 aliphatic rings. The van der Waals surface area contributed by atoms with Crippen LogP contribution in [0.4, 0.5) is 0 Å². The van der Waals surface area contributed by atoms with Gasteiger partial charge in [0.2, 0.25) is 5.88 Å². The Morgan fingerprint density at radius 3 is 2.56 bits per heavy atom. The Kier molecular flexibility index (Phi) is 3.49. The Morgan fingerprint density at radius 2 is 1.80 bits per heavy atom. The van der Waals surface area contributed by atoms with Crippen molar-refractivity contribution in [2.45, 2.75) is 26.9 Å². The summed E-state index contributed by atoms with van der Waals surface area (Å²) in [6.45, 7) is 6.08. The first-order chi connectivity index (χ1) is 11.9. The summed E-state index contributed by atoms with van der Waals surface area (Å²) >= 11 is 0. The minimum Gasteiger partial charge on any atom is -0.494 e. The predicted molar refractivity (Wildman–Crippen MR) is 102 cm³/mol. The first-order valence-corrected chi connectivity index (χ1v) is 8.51. The predicted octanol–water partition coefficient (Wildman–Crippen LogP) is 4.92. The third kappa shape index (κ3) is 2.54. The van der Waals surface area contributed by atoms with Crippen LogP contribution in [0.5, 0.6) is 11.6 Å². The molecule has 4 rings (SSSR count). The Labute approximate surface area is 146 Å². The van der Waals surface area contributed by atoms with Crippen molar-refractivity contribution in [3.8, 4) is 17.3 Å². The summed E-state index contributed by atoms with van der Waals surface area (Å²) in [4.78, 5) is 0. The molecule has 0 saturated heterocycles. The quantitative estimate of drug-likeness (QED) is 0.577. The molecule has 0 atom stereocenters. The van der Waals surface area contributed by atoms with Crippen molar-refractivity contribution < 1.29 is 9.84 Å². The zero-order valence-electron chi connectivity index (χ0n) is 14.9. The average Bonchev–Trinajstić information content (AvgIpc) is 3.04. The number of nitrogens with zero attached hydrogens (tertiary/aromatic N) is 2. The van der Waals surface area contributed by atoms with Gasteiger partial charge in [-0.3, -0.25) is 4.57 Å². The maximum atomic E-state index is 10.7. The zero-order chi connectivity index (χ0) is 17.7. The van der Waals surface area contributed by atoms with E-state index < -0.39 is 0 Å². The lowest BCUT2D eigenvalue weighted by molar-refractivity contribution is 0.242. The smallest absolute Gasteiger partial charge is 0.203 e. The second-order valence-corrected chi connectivity index (χ2v) is 6.83. The van der Waals surface area contributed by atoms with Gasteiger partial charge in [-0.25, -0.2) is 0 Å². The molecule has 0 bridgehead atoms. The molecule has 25 heavy (non-hydrogen) atoms. The van der Waals surface area contributed by atoms with Crippen molar-refractivity contribution in [2.24, 2.45) is 7.05 Å². The molecule has 128 valence electrons. The van der Waals surface area contributed by atoms with Crippen molar-refractivity contribution in [1.29, 1.82) is 0 Å². The summed E-state index contributed by atoms with van der Waals surface area (Å²) in [6.07, 6.45) is 2.06. The monoisotopic (exact) mass is 334 g/mol. The number of aromatic hydroxyl groups is 1. The van der Waals surface area contributed by atoms with E-state index in [9.17, 15) is 5.11 Å². The van der Waals surface area contributed by atoms with Gasteiger partial charge in [0.25, 0.3) is 0 Å². The van der Waals surface area contributed by atoms with Gasteiger partial charge in [0.05, 0.1) is 6.10 Å². The second-order valence-electron chi connectivity index (χ2n) is 6.83. The van der Waals surface area contributed by atoms with Gasteiger partial charge in [-0.05, 0) is 63.2 Å². The van der Waals surface area contributed by atoms with E-state index in [1.165, 1.54) is 16.6 Å². The first-order valence-electron chi connectivity index (χ1n) is 8.51. The van der Waals surface area contributed by atoms with Crippen molar-refractivity contribution in [1.82, 2.24) is 9.13 Å². The Balaban J connectivity index is 1.84. The summed E-state index contributed by atoms with van der Waals surface area (Å²) in [5, 5.41) is 13.7. The number of aromatic nitrogens is 2. The van der Waals surface area contributed by atoms with Crippen molar-refractivity contribution in [3.63, 3.8) is 0 Å². The number of rotatable bonds is 3. The third-order valence-corrected chi connectivity index (χ3v) is 4.68. The molecular formula is C21H22N2O2. The summed E-state index contributed by atoms with van der Waals surface area (Å²) < 4.78 is 9.74. The van der Waals surface area contributed by atoms with Crippen molar-refractivity contribution in [2.75, 3.05) is 0 Å². The standard InChI is InChI=1S/C21H22N2O2/c1-13(2)25-18-7-5-15-12-23(21(24)19(15)11-18)17-6-8-20-16(10-17)9-14(3)22(20)4/h5-13,24H,1-4H3. The molecule has 0 fully saturated rings. The molecule has 0 spiro atoms. The van der Waals surface area contributed by atoms with Crippen LogP contribution in [0.1, 0.15) is 19.5 Å². The molecule has 0 unspecified atom stereocenters. The Hall–Kier alpha value is -2.88. The SMILES string of the molecule is Cc1cc2cc(-n3cc4ccc(OC(C)C)cc4c3O)ccc2n1C. The minimum absolute atomic E-state index is 0.102.